The first-order valence-corrected chi connectivity index (χ1v) is 9.14. The molecular formula is C19H20N3O2S+. The van der Waals surface area contributed by atoms with Crippen molar-refractivity contribution in [2.24, 2.45) is 5.92 Å². The predicted molar refractivity (Wildman–Crippen MR) is 95.5 cm³/mol. The summed E-state index contributed by atoms with van der Waals surface area (Å²) in [5, 5.41) is 13.0. The van der Waals surface area contributed by atoms with Gasteiger partial charge in [-0.2, -0.15) is 9.83 Å². The van der Waals surface area contributed by atoms with Crippen LogP contribution < -0.4 is 9.88 Å². The number of amides is 1. The second-order valence-electron chi connectivity index (χ2n) is 6.54. The number of hydrogen-bond donors (Lipinski definition) is 1. The van der Waals surface area contributed by atoms with Crippen molar-refractivity contribution in [3.8, 4) is 6.07 Å². The molecule has 1 aliphatic carbocycles. The van der Waals surface area contributed by atoms with Crippen molar-refractivity contribution >= 4 is 28.0 Å². The normalized spacial score (nSPS) is 16.0. The summed E-state index contributed by atoms with van der Waals surface area (Å²) in [6.07, 6.45) is 6.37. The highest BCUT2D eigenvalue weighted by atomic mass is 32.1. The fraction of sp³-hybridized carbons (Fsp3) is 0.368. The maximum absolute atomic E-state index is 12.4. The van der Waals surface area contributed by atoms with Crippen molar-refractivity contribution < 1.29 is 14.2 Å². The van der Waals surface area contributed by atoms with Crippen molar-refractivity contribution in [3.05, 3.63) is 46.1 Å². The number of thiophene rings is 1. The zero-order valence-electron chi connectivity index (χ0n) is 14.3. The SMILES string of the molecule is CC(=O)c1ccc[n+](CC(=O)Nc2sc3c(c2C#N)CC[C@@H](C)C3)c1. The van der Waals surface area contributed by atoms with Crippen LogP contribution in [0.3, 0.4) is 0 Å². The van der Waals surface area contributed by atoms with Crippen LogP contribution in [-0.4, -0.2) is 11.7 Å². The summed E-state index contributed by atoms with van der Waals surface area (Å²) in [7, 11) is 0. The standard InChI is InChI=1S/C19H19N3O2S/c1-12-5-6-15-16(9-20)19(25-17(15)8-12)21-18(24)11-22-7-3-4-14(10-22)13(2)23/h3-4,7,10,12H,5-6,8,11H2,1-2H3/p+1/t12-/m1/s1. The predicted octanol–water partition coefficient (Wildman–Crippen LogP) is 2.87. The number of fused-ring (bicyclic) bond motifs is 1. The van der Waals surface area contributed by atoms with Gasteiger partial charge in [-0.05, 0) is 43.7 Å². The molecule has 2 heterocycles. The van der Waals surface area contributed by atoms with E-state index in [4.69, 9.17) is 0 Å². The lowest BCUT2D eigenvalue weighted by molar-refractivity contribution is -0.684. The average Bonchev–Trinajstić information content (AvgIpc) is 2.90. The van der Waals surface area contributed by atoms with Crippen LogP contribution in [0.4, 0.5) is 5.00 Å². The van der Waals surface area contributed by atoms with E-state index in [-0.39, 0.29) is 18.2 Å². The number of nitrogens with one attached hydrogen (secondary N) is 1. The van der Waals surface area contributed by atoms with E-state index in [0.29, 0.717) is 22.0 Å². The van der Waals surface area contributed by atoms with Crippen LogP contribution in [0.25, 0.3) is 0 Å². The van der Waals surface area contributed by atoms with Crippen molar-refractivity contribution in [1.29, 1.82) is 5.26 Å². The molecule has 0 saturated carbocycles. The quantitative estimate of drug-likeness (QED) is 0.678. The summed E-state index contributed by atoms with van der Waals surface area (Å²) in [5.41, 5.74) is 2.28. The summed E-state index contributed by atoms with van der Waals surface area (Å²) in [6, 6.07) is 5.72. The number of nitrogens with zero attached hydrogens (tertiary/aromatic N) is 2. The summed E-state index contributed by atoms with van der Waals surface area (Å²) in [6.45, 7) is 3.81. The van der Waals surface area contributed by atoms with Crippen LogP contribution in [-0.2, 0) is 24.2 Å². The minimum atomic E-state index is -0.200. The van der Waals surface area contributed by atoms with Gasteiger partial charge in [0.2, 0.25) is 6.54 Å². The first kappa shape index (κ1) is 17.3. The summed E-state index contributed by atoms with van der Waals surface area (Å²) in [4.78, 5) is 25.1. The molecule has 0 saturated heterocycles. The Kier molecular flexibility index (Phi) is 4.95. The van der Waals surface area contributed by atoms with Gasteiger partial charge in [0.1, 0.15) is 11.1 Å². The Hall–Kier alpha value is -2.52. The fourth-order valence-corrected chi connectivity index (χ4v) is 4.50. The van der Waals surface area contributed by atoms with Gasteiger partial charge < -0.3 is 5.32 Å². The molecule has 128 valence electrons. The second-order valence-corrected chi connectivity index (χ2v) is 7.64. The zero-order valence-corrected chi connectivity index (χ0v) is 15.2. The Morgan fingerprint density at radius 3 is 3.00 bits per heavy atom. The number of pyridine rings is 1. The molecule has 0 unspecified atom stereocenters. The largest absolute Gasteiger partial charge is 0.311 e. The molecule has 1 aliphatic rings. The van der Waals surface area contributed by atoms with Gasteiger partial charge in [-0.15, -0.1) is 11.3 Å². The number of ketones is 1. The minimum Gasteiger partial charge on any atom is -0.311 e. The third-order valence-electron chi connectivity index (χ3n) is 4.47. The van der Waals surface area contributed by atoms with Crippen molar-refractivity contribution in [3.63, 3.8) is 0 Å². The summed E-state index contributed by atoms with van der Waals surface area (Å²) < 4.78 is 1.67. The molecule has 3 rings (SSSR count). The molecule has 0 aliphatic heterocycles. The van der Waals surface area contributed by atoms with Gasteiger partial charge in [0.15, 0.2) is 18.2 Å². The molecule has 6 heteroatoms. The van der Waals surface area contributed by atoms with Gasteiger partial charge in [-0.1, -0.05) is 6.92 Å². The van der Waals surface area contributed by atoms with Gasteiger partial charge in [0, 0.05) is 10.9 Å². The number of Topliss-reactive ketones (excluding diaryl/α,β-unsaturated/α-hetero) is 1. The molecule has 1 atom stereocenters. The number of carbonyl (C=O) groups excluding carboxylic acids is 2. The highest BCUT2D eigenvalue weighted by Crippen LogP contribution is 2.39. The van der Waals surface area contributed by atoms with Gasteiger partial charge in [-0.25, -0.2) is 0 Å². The van der Waals surface area contributed by atoms with Crippen LogP contribution in [0, 0.1) is 17.2 Å². The Morgan fingerprint density at radius 2 is 2.28 bits per heavy atom. The van der Waals surface area contributed by atoms with Gasteiger partial charge in [0.25, 0.3) is 5.91 Å². The molecule has 0 aromatic carbocycles. The molecule has 2 aromatic rings. The van der Waals surface area contributed by atoms with Crippen LogP contribution in [0.1, 0.15) is 46.6 Å². The lowest BCUT2D eigenvalue weighted by Gasteiger charge is -2.17. The first-order chi connectivity index (χ1) is 12.0. The Morgan fingerprint density at radius 1 is 1.48 bits per heavy atom. The Labute approximate surface area is 150 Å². The van der Waals surface area contributed by atoms with E-state index in [1.54, 1.807) is 29.1 Å². The van der Waals surface area contributed by atoms with E-state index in [0.717, 1.165) is 24.8 Å². The highest BCUT2D eigenvalue weighted by Gasteiger charge is 2.25. The minimum absolute atomic E-state index is 0.0402. The number of hydrogen-bond acceptors (Lipinski definition) is 4. The van der Waals surface area contributed by atoms with E-state index < -0.39 is 0 Å². The van der Waals surface area contributed by atoms with Crippen LogP contribution in [0.5, 0.6) is 0 Å². The summed E-state index contributed by atoms with van der Waals surface area (Å²) >= 11 is 1.52. The number of aromatic nitrogens is 1. The van der Waals surface area contributed by atoms with E-state index >= 15 is 0 Å². The van der Waals surface area contributed by atoms with Gasteiger partial charge in [0.05, 0.1) is 11.1 Å². The van der Waals surface area contributed by atoms with Crippen molar-refractivity contribution in [2.75, 3.05) is 5.32 Å². The van der Waals surface area contributed by atoms with Crippen LogP contribution >= 0.6 is 11.3 Å². The Balaban J connectivity index is 1.77. The fourth-order valence-electron chi connectivity index (χ4n) is 3.12. The molecule has 0 spiro atoms. The van der Waals surface area contributed by atoms with Gasteiger partial charge in [-0.3, -0.25) is 9.59 Å². The number of anilines is 1. The van der Waals surface area contributed by atoms with E-state index in [2.05, 4.69) is 18.3 Å². The van der Waals surface area contributed by atoms with Crippen molar-refractivity contribution in [1.82, 2.24) is 0 Å². The molecule has 0 fully saturated rings. The average molecular weight is 354 g/mol. The van der Waals surface area contributed by atoms with Crippen LogP contribution in [0.15, 0.2) is 24.5 Å². The molecule has 0 bridgehead atoms. The highest BCUT2D eigenvalue weighted by molar-refractivity contribution is 7.16. The number of carbonyl (C=O) groups is 2. The van der Waals surface area contributed by atoms with E-state index in [9.17, 15) is 14.9 Å². The van der Waals surface area contributed by atoms with Gasteiger partial charge >= 0.3 is 0 Å². The Bertz CT molecular complexity index is 879. The van der Waals surface area contributed by atoms with E-state index in [1.165, 1.54) is 23.1 Å². The maximum Gasteiger partial charge on any atom is 0.290 e. The third-order valence-corrected chi connectivity index (χ3v) is 5.64. The molecule has 2 aromatic heterocycles. The lowest BCUT2D eigenvalue weighted by atomic mass is 9.89. The number of nitriles is 1. The first-order valence-electron chi connectivity index (χ1n) is 8.32. The van der Waals surface area contributed by atoms with Crippen LogP contribution in [0.2, 0.25) is 0 Å². The maximum atomic E-state index is 12.4. The summed E-state index contributed by atoms with van der Waals surface area (Å²) in [5.74, 6) is 0.376. The second kappa shape index (κ2) is 7.16. The molecule has 1 N–H and O–H groups in total. The van der Waals surface area contributed by atoms with Crippen molar-refractivity contribution in [2.45, 2.75) is 39.7 Å². The smallest absolute Gasteiger partial charge is 0.290 e. The monoisotopic (exact) mass is 354 g/mol. The topological polar surface area (TPSA) is 73.8 Å². The molecular weight excluding hydrogens is 334 g/mol. The molecule has 0 radical (unpaired) electrons. The third kappa shape index (κ3) is 3.77. The lowest BCUT2D eigenvalue weighted by Crippen LogP contribution is -2.40. The number of rotatable bonds is 4. The molecule has 25 heavy (non-hydrogen) atoms. The molecule has 1 amide bonds. The van der Waals surface area contributed by atoms with E-state index in [1.807, 2.05) is 0 Å². The molecule has 5 nitrogen and oxygen atoms in total. The zero-order chi connectivity index (χ0) is 18.0.